The van der Waals surface area contributed by atoms with Gasteiger partial charge in [-0.2, -0.15) is 0 Å². The van der Waals surface area contributed by atoms with E-state index < -0.39 is 17.5 Å². The van der Waals surface area contributed by atoms with Gasteiger partial charge < -0.3 is 20.5 Å². The summed E-state index contributed by atoms with van der Waals surface area (Å²) in [6.45, 7) is 4.55. The third-order valence-electron chi connectivity index (χ3n) is 3.61. The van der Waals surface area contributed by atoms with E-state index in [0.717, 1.165) is 5.56 Å². The molecule has 0 saturated heterocycles. The molecule has 0 bridgehead atoms. The molecule has 0 fully saturated rings. The average molecular weight is 415 g/mol. The fourth-order valence-electron chi connectivity index (χ4n) is 2.32. The lowest BCUT2D eigenvalue weighted by atomic mass is 10.1. The van der Waals surface area contributed by atoms with Crippen LogP contribution in [0.3, 0.4) is 0 Å². The summed E-state index contributed by atoms with van der Waals surface area (Å²) in [6.07, 6.45) is -0.177. The largest absolute Gasteiger partial charge is 0.366 e. The van der Waals surface area contributed by atoms with Crippen molar-refractivity contribution in [1.82, 2.24) is 5.32 Å². The van der Waals surface area contributed by atoms with E-state index in [2.05, 4.69) is 10.6 Å². The lowest BCUT2D eigenvalue weighted by molar-refractivity contribution is -0.181. The monoisotopic (exact) mass is 414 g/mol. The topological polar surface area (TPSA) is 70.6 Å². The summed E-state index contributed by atoms with van der Waals surface area (Å²) in [5, 5.41) is 16.0. The average Bonchev–Trinajstić information content (AvgIpc) is 2.52. The van der Waals surface area contributed by atoms with Gasteiger partial charge in [-0.1, -0.05) is 23.2 Å². The van der Waals surface area contributed by atoms with Crippen molar-refractivity contribution in [3.8, 4) is 0 Å². The highest BCUT2D eigenvalue weighted by Gasteiger charge is 2.14. The molecule has 5 nitrogen and oxygen atoms in total. The smallest absolute Gasteiger partial charge is 0.226 e. The summed E-state index contributed by atoms with van der Waals surface area (Å²) in [6, 6.07) is 7.74. The molecule has 27 heavy (non-hydrogen) atoms. The zero-order valence-electron chi connectivity index (χ0n) is 15.2. The highest BCUT2D eigenvalue weighted by atomic mass is 35.5. The van der Waals surface area contributed by atoms with Gasteiger partial charge in [-0.15, -0.1) is 0 Å². The molecule has 0 aliphatic carbocycles. The maximum Gasteiger partial charge on any atom is 0.226 e. The van der Waals surface area contributed by atoms with Crippen LogP contribution in [0.15, 0.2) is 30.3 Å². The van der Waals surface area contributed by atoms with Crippen LogP contribution >= 0.6 is 23.2 Å². The molecule has 1 amide bonds. The third-order valence-corrected chi connectivity index (χ3v) is 4.13. The number of carbonyl (C=O) groups is 1. The molecule has 0 atom stereocenters. The minimum Gasteiger partial charge on any atom is -0.366 e. The summed E-state index contributed by atoms with van der Waals surface area (Å²) in [5.41, 5.74) is 2.28. The Balaban J connectivity index is 2.09. The second-order valence-electron chi connectivity index (χ2n) is 6.52. The summed E-state index contributed by atoms with van der Waals surface area (Å²) >= 11 is 12.2. The first-order valence-electron chi connectivity index (χ1n) is 8.19. The Morgan fingerprint density at radius 3 is 2.59 bits per heavy atom. The van der Waals surface area contributed by atoms with Crippen LogP contribution in [0.1, 0.15) is 25.0 Å². The van der Waals surface area contributed by atoms with Crippen LogP contribution in [0.4, 0.5) is 15.8 Å². The molecule has 2 rings (SSSR count). The molecular formula is C19H21Cl2FN2O3. The predicted molar refractivity (Wildman–Crippen MR) is 105 cm³/mol. The number of carbonyl (C=O) groups excluding carboxylic acids is 1. The predicted octanol–water partition coefficient (Wildman–Crippen LogP) is 4.55. The number of halogens is 3. The highest BCUT2D eigenvalue weighted by molar-refractivity contribution is 6.36. The SMILES string of the molecule is Cc1cc(Cl)cc(Cl)c1Nc1ccc(F)c(CC(=O)NCOC(C)(C)O)c1. The molecule has 0 heterocycles. The van der Waals surface area contributed by atoms with E-state index in [1.807, 2.05) is 6.92 Å². The molecule has 0 unspecified atom stereocenters. The molecule has 3 N–H and O–H groups in total. The Labute approximate surface area is 167 Å². The van der Waals surface area contributed by atoms with Crippen molar-refractivity contribution in [2.75, 3.05) is 12.0 Å². The van der Waals surface area contributed by atoms with Crippen LogP contribution < -0.4 is 10.6 Å². The van der Waals surface area contributed by atoms with E-state index in [4.69, 9.17) is 27.9 Å². The quantitative estimate of drug-likeness (QED) is 0.581. The summed E-state index contributed by atoms with van der Waals surface area (Å²) in [4.78, 5) is 12.0. The molecule has 146 valence electrons. The van der Waals surface area contributed by atoms with Crippen LogP contribution in [0.2, 0.25) is 10.0 Å². The van der Waals surface area contributed by atoms with Crippen LogP contribution in [0.5, 0.6) is 0 Å². The third kappa shape index (κ3) is 6.66. The number of benzene rings is 2. The van der Waals surface area contributed by atoms with Gasteiger partial charge in [-0.25, -0.2) is 4.39 Å². The van der Waals surface area contributed by atoms with Gasteiger partial charge in [0.05, 0.1) is 17.1 Å². The van der Waals surface area contributed by atoms with Crippen molar-refractivity contribution in [3.05, 3.63) is 57.3 Å². The summed E-state index contributed by atoms with van der Waals surface area (Å²) in [7, 11) is 0. The molecule has 2 aromatic carbocycles. The highest BCUT2D eigenvalue weighted by Crippen LogP contribution is 2.32. The lowest BCUT2D eigenvalue weighted by Crippen LogP contribution is -2.34. The van der Waals surface area contributed by atoms with Gasteiger partial charge in [0.15, 0.2) is 5.79 Å². The van der Waals surface area contributed by atoms with E-state index in [1.54, 1.807) is 18.2 Å². The normalized spacial score (nSPS) is 11.4. The van der Waals surface area contributed by atoms with Crippen molar-refractivity contribution >= 4 is 40.5 Å². The van der Waals surface area contributed by atoms with E-state index in [-0.39, 0.29) is 18.7 Å². The maximum atomic E-state index is 14.1. The Bertz CT molecular complexity index is 815. The van der Waals surface area contributed by atoms with Gasteiger partial charge in [0.2, 0.25) is 5.91 Å². The summed E-state index contributed by atoms with van der Waals surface area (Å²) < 4.78 is 19.1. The second-order valence-corrected chi connectivity index (χ2v) is 7.37. The number of aliphatic hydroxyl groups is 1. The Hall–Kier alpha value is -1.86. The molecule has 8 heteroatoms. The van der Waals surface area contributed by atoms with Crippen LogP contribution in [0, 0.1) is 12.7 Å². The van der Waals surface area contributed by atoms with E-state index >= 15 is 0 Å². The molecular weight excluding hydrogens is 394 g/mol. The fraction of sp³-hybridized carbons (Fsp3) is 0.316. The molecule has 2 aromatic rings. The van der Waals surface area contributed by atoms with Crippen LogP contribution in [0.25, 0.3) is 0 Å². The maximum absolute atomic E-state index is 14.1. The number of anilines is 2. The van der Waals surface area contributed by atoms with Crippen LogP contribution in [-0.4, -0.2) is 23.5 Å². The molecule has 0 radical (unpaired) electrons. The zero-order valence-corrected chi connectivity index (χ0v) is 16.7. The Kier molecular flexibility index (Phi) is 7.06. The lowest BCUT2D eigenvalue weighted by Gasteiger charge is -2.18. The fourth-order valence-corrected chi connectivity index (χ4v) is 2.96. The van der Waals surface area contributed by atoms with E-state index in [9.17, 15) is 14.3 Å². The minimum atomic E-state index is -1.36. The van der Waals surface area contributed by atoms with Gasteiger partial charge >= 0.3 is 0 Å². The van der Waals surface area contributed by atoms with Gasteiger partial charge in [0.1, 0.15) is 12.5 Å². The number of amides is 1. The molecule has 0 aliphatic heterocycles. The number of hydrogen-bond donors (Lipinski definition) is 3. The number of ether oxygens (including phenoxy) is 1. The Morgan fingerprint density at radius 1 is 1.26 bits per heavy atom. The minimum absolute atomic E-state index is 0.177. The van der Waals surface area contributed by atoms with Crippen molar-refractivity contribution in [3.63, 3.8) is 0 Å². The zero-order chi connectivity index (χ0) is 20.2. The van der Waals surface area contributed by atoms with Crippen LogP contribution in [-0.2, 0) is 16.0 Å². The van der Waals surface area contributed by atoms with E-state index in [0.29, 0.717) is 21.4 Å². The first-order valence-corrected chi connectivity index (χ1v) is 8.95. The second kappa shape index (κ2) is 8.89. The molecule has 0 aliphatic rings. The van der Waals surface area contributed by atoms with Crippen molar-refractivity contribution < 1.29 is 19.0 Å². The van der Waals surface area contributed by atoms with Gasteiger partial charge in [0.25, 0.3) is 0 Å². The molecule has 0 spiro atoms. The number of nitrogens with one attached hydrogen (secondary N) is 2. The van der Waals surface area contributed by atoms with Crippen molar-refractivity contribution in [2.45, 2.75) is 33.0 Å². The molecule has 0 saturated carbocycles. The van der Waals surface area contributed by atoms with Crippen molar-refractivity contribution in [2.24, 2.45) is 0 Å². The number of aryl methyl sites for hydroxylation is 1. The van der Waals surface area contributed by atoms with Crippen molar-refractivity contribution in [1.29, 1.82) is 0 Å². The van der Waals surface area contributed by atoms with E-state index in [1.165, 1.54) is 26.0 Å². The number of hydrogen-bond acceptors (Lipinski definition) is 4. The molecule has 0 aromatic heterocycles. The van der Waals surface area contributed by atoms with Gasteiger partial charge in [-0.05, 0) is 62.2 Å². The summed E-state index contributed by atoms with van der Waals surface area (Å²) in [5.74, 6) is -2.30. The first kappa shape index (κ1) is 21.4. The van der Waals surface area contributed by atoms with Gasteiger partial charge in [-0.3, -0.25) is 4.79 Å². The first-order chi connectivity index (χ1) is 12.5. The number of rotatable bonds is 7. The van der Waals surface area contributed by atoms with Gasteiger partial charge in [0, 0.05) is 10.7 Å². The standard InChI is InChI=1S/C19H21Cl2FN2O3/c1-11-6-13(20)9-15(21)18(11)24-14-4-5-16(22)12(7-14)8-17(25)23-10-27-19(2,3)26/h4-7,9,24,26H,8,10H2,1-3H3,(H,23,25). The Morgan fingerprint density at radius 2 is 1.96 bits per heavy atom.